The number of hydrogen-bond acceptors (Lipinski definition) is 4. The number of hydrogen-bond donors (Lipinski definition) is 0. The maximum absolute atomic E-state index is 8.48. The lowest BCUT2D eigenvalue weighted by Crippen LogP contribution is -2.18. The van der Waals surface area contributed by atoms with Gasteiger partial charge in [0.15, 0.2) is 11.5 Å². The fraction of sp³-hybridized carbons (Fsp3) is 0.462. The van der Waals surface area contributed by atoms with Gasteiger partial charge in [-0.25, -0.2) is 0 Å². The van der Waals surface area contributed by atoms with Gasteiger partial charge >= 0.3 is 0 Å². The predicted molar refractivity (Wildman–Crippen MR) is 63.7 cm³/mol. The average Bonchev–Trinajstić information content (AvgIpc) is 2.76. The number of ether oxygens (including phenoxy) is 2. The Balaban J connectivity index is 1.88. The van der Waals surface area contributed by atoms with Gasteiger partial charge in [-0.15, -0.1) is 0 Å². The van der Waals surface area contributed by atoms with Crippen LogP contribution in [0.25, 0.3) is 0 Å². The van der Waals surface area contributed by atoms with Gasteiger partial charge in [-0.1, -0.05) is 6.07 Å². The molecule has 1 aliphatic heterocycles. The molecule has 0 N–H and O–H groups in total. The highest BCUT2D eigenvalue weighted by molar-refractivity contribution is 5.44. The number of rotatable bonds is 5. The van der Waals surface area contributed by atoms with Gasteiger partial charge in [0.2, 0.25) is 6.79 Å². The van der Waals surface area contributed by atoms with E-state index >= 15 is 0 Å². The first-order chi connectivity index (χ1) is 8.29. The molecule has 2 rings (SSSR count). The Morgan fingerprint density at radius 3 is 3.00 bits per heavy atom. The van der Waals surface area contributed by atoms with Crippen molar-refractivity contribution in [1.29, 1.82) is 5.26 Å². The van der Waals surface area contributed by atoms with Gasteiger partial charge in [0, 0.05) is 13.0 Å². The summed E-state index contributed by atoms with van der Waals surface area (Å²) in [5.74, 6) is 1.65. The summed E-state index contributed by atoms with van der Waals surface area (Å²) in [6.07, 6.45) is 1.53. The van der Waals surface area contributed by atoms with Gasteiger partial charge in [-0.2, -0.15) is 5.26 Å². The van der Waals surface area contributed by atoms with E-state index in [2.05, 4.69) is 18.0 Å². The minimum absolute atomic E-state index is 0.316. The minimum Gasteiger partial charge on any atom is -0.454 e. The molecule has 1 heterocycles. The van der Waals surface area contributed by atoms with Crippen LogP contribution in [0.5, 0.6) is 11.5 Å². The molecule has 0 saturated heterocycles. The minimum atomic E-state index is 0.316. The van der Waals surface area contributed by atoms with Gasteiger partial charge in [0.25, 0.3) is 0 Å². The normalized spacial score (nSPS) is 12.8. The molecule has 0 unspecified atom stereocenters. The molecule has 4 nitrogen and oxygen atoms in total. The first-order valence-electron chi connectivity index (χ1n) is 5.73. The molecule has 0 saturated carbocycles. The molecular formula is C13H16N2O2. The summed E-state index contributed by atoms with van der Waals surface area (Å²) in [6, 6.07) is 8.17. The maximum atomic E-state index is 8.48. The largest absolute Gasteiger partial charge is 0.454 e. The topological polar surface area (TPSA) is 45.5 Å². The Hall–Kier alpha value is -1.73. The Morgan fingerprint density at radius 2 is 2.18 bits per heavy atom. The van der Waals surface area contributed by atoms with Crippen LogP contribution in [-0.2, 0) is 6.54 Å². The second-order valence-electron chi connectivity index (χ2n) is 4.19. The van der Waals surface area contributed by atoms with Crippen molar-refractivity contribution < 1.29 is 9.47 Å². The van der Waals surface area contributed by atoms with E-state index in [-0.39, 0.29) is 0 Å². The summed E-state index contributed by atoms with van der Waals surface area (Å²) in [7, 11) is 2.06. The molecule has 0 atom stereocenters. The highest BCUT2D eigenvalue weighted by Gasteiger charge is 2.13. The van der Waals surface area contributed by atoms with Crippen LogP contribution in [0, 0.1) is 11.3 Å². The lowest BCUT2D eigenvalue weighted by molar-refractivity contribution is 0.174. The quantitative estimate of drug-likeness (QED) is 0.730. The van der Waals surface area contributed by atoms with Crippen LogP contribution < -0.4 is 9.47 Å². The van der Waals surface area contributed by atoms with Crippen LogP contribution in [-0.4, -0.2) is 25.3 Å². The monoisotopic (exact) mass is 232 g/mol. The lowest BCUT2D eigenvalue weighted by atomic mass is 10.2. The molecule has 90 valence electrons. The van der Waals surface area contributed by atoms with Crippen molar-refractivity contribution in [3.8, 4) is 17.6 Å². The van der Waals surface area contributed by atoms with E-state index in [0.29, 0.717) is 13.2 Å². The zero-order chi connectivity index (χ0) is 12.1. The van der Waals surface area contributed by atoms with Gasteiger partial charge in [0.05, 0.1) is 6.07 Å². The molecule has 0 radical (unpaired) electrons. The molecule has 4 heteroatoms. The van der Waals surface area contributed by atoms with E-state index in [1.165, 1.54) is 5.56 Å². The highest BCUT2D eigenvalue weighted by atomic mass is 16.7. The molecule has 0 bridgehead atoms. The van der Waals surface area contributed by atoms with Crippen LogP contribution in [0.1, 0.15) is 18.4 Å². The molecule has 17 heavy (non-hydrogen) atoms. The summed E-state index contributed by atoms with van der Waals surface area (Å²) in [6.45, 7) is 2.11. The number of fused-ring (bicyclic) bond motifs is 1. The van der Waals surface area contributed by atoms with E-state index in [1.807, 2.05) is 18.2 Å². The van der Waals surface area contributed by atoms with Crippen molar-refractivity contribution in [3.05, 3.63) is 23.8 Å². The van der Waals surface area contributed by atoms with Crippen molar-refractivity contribution in [2.45, 2.75) is 19.4 Å². The Morgan fingerprint density at radius 1 is 1.35 bits per heavy atom. The molecule has 0 amide bonds. The van der Waals surface area contributed by atoms with E-state index in [0.717, 1.165) is 31.0 Å². The molecule has 0 aliphatic carbocycles. The summed E-state index contributed by atoms with van der Waals surface area (Å²) >= 11 is 0. The third-order valence-corrected chi connectivity index (χ3v) is 2.72. The molecule has 0 aromatic heterocycles. The van der Waals surface area contributed by atoms with Crippen molar-refractivity contribution in [1.82, 2.24) is 4.90 Å². The zero-order valence-corrected chi connectivity index (χ0v) is 9.98. The molecule has 0 fully saturated rings. The zero-order valence-electron chi connectivity index (χ0n) is 9.98. The van der Waals surface area contributed by atoms with Crippen molar-refractivity contribution >= 4 is 0 Å². The molecule has 0 spiro atoms. The van der Waals surface area contributed by atoms with Crippen LogP contribution >= 0.6 is 0 Å². The molecule has 1 aromatic carbocycles. The Labute approximate surface area is 101 Å². The van der Waals surface area contributed by atoms with Crippen LogP contribution in [0.2, 0.25) is 0 Å². The van der Waals surface area contributed by atoms with E-state index in [1.54, 1.807) is 0 Å². The summed E-state index contributed by atoms with van der Waals surface area (Å²) in [5, 5.41) is 8.48. The smallest absolute Gasteiger partial charge is 0.231 e. The Bertz CT molecular complexity index is 426. The van der Waals surface area contributed by atoms with Crippen LogP contribution in [0.4, 0.5) is 0 Å². The van der Waals surface area contributed by atoms with Gasteiger partial charge < -0.3 is 14.4 Å². The first-order valence-corrected chi connectivity index (χ1v) is 5.73. The predicted octanol–water partition coefficient (Wildman–Crippen LogP) is 2.15. The fourth-order valence-electron chi connectivity index (χ4n) is 1.86. The second-order valence-corrected chi connectivity index (χ2v) is 4.19. The lowest BCUT2D eigenvalue weighted by Gasteiger charge is -2.15. The van der Waals surface area contributed by atoms with Crippen molar-refractivity contribution in [2.24, 2.45) is 0 Å². The average molecular weight is 232 g/mol. The van der Waals surface area contributed by atoms with Crippen molar-refractivity contribution in [3.63, 3.8) is 0 Å². The first kappa shape index (κ1) is 11.7. The van der Waals surface area contributed by atoms with E-state index in [9.17, 15) is 0 Å². The van der Waals surface area contributed by atoms with Gasteiger partial charge in [-0.3, -0.25) is 0 Å². The number of nitrogens with zero attached hydrogens (tertiary/aromatic N) is 2. The second kappa shape index (κ2) is 5.55. The molecule has 1 aromatic rings. The van der Waals surface area contributed by atoms with Crippen molar-refractivity contribution in [2.75, 3.05) is 20.4 Å². The van der Waals surface area contributed by atoms with Gasteiger partial charge in [-0.05, 0) is 37.7 Å². The highest BCUT2D eigenvalue weighted by Crippen LogP contribution is 2.32. The summed E-state index contributed by atoms with van der Waals surface area (Å²) in [5.41, 5.74) is 1.20. The summed E-state index contributed by atoms with van der Waals surface area (Å²) < 4.78 is 10.6. The van der Waals surface area contributed by atoms with E-state index in [4.69, 9.17) is 14.7 Å². The number of unbranched alkanes of at least 4 members (excludes halogenated alkanes) is 1. The number of nitriles is 1. The summed E-state index contributed by atoms with van der Waals surface area (Å²) in [4.78, 5) is 2.20. The van der Waals surface area contributed by atoms with Gasteiger partial charge in [0.1, 0.15) is 0 Å². The van der Waals surface area contributed by atoms with Crippen LogP contribution in [0.15, 0.2) is 18.2 Å². The maximum Gasteiger partial charge on any atom is 0.231 e. The fourth-order valence-corrected chi connectivity index (χ4v) is 1.86. The third-order valence-electron chi connectivity index (χ3n) is 2.72. The van der Waals surface area contributed by atoms with Crippen LogP contribution in [0.3, 0.4) is 0 Å². The standard InChI is InChI=1S/C13H16N2O2/c1-15(7-3-2-6-14)9-11-4-5-12-13(8-11)17-10-16-12/h4-5,8H,2-3,7,9-10H2,1H3. The Kier molecular flexibility index (Phi) is 3.84. The number of benzene rings is 1. The third kappa shape index (κ3) is 3.11. The SMILES string of the molecule is CN(CCCC#N)Cc1ccc2c(c1)OCO2. The van der Waals surface area contributed by atoms with E-state index < -0.39 is 0 Å². The molecular weight excluding hydrogens is 216 g/mol. The molecule has 1 aliphatic rings.